The van der Waals surface area contributed by atoms with E-state index in [0.717, 1.165) is 4.90 Å². The van der Waals surface area contributed by atoms with Gasteiger partial charge in [0, 0.05) is 4.90 Å². The number of thioether (sulfide) groups is 1. The zero-order valence-corrected chi connectivity index (χ0v) is 12.3. The molecule has 0 fully saturated rings. The second-order valence-electron chi connectivity index (χ2n) is 4.26. The Morgan fingerprint density at radius 2 is 1.75 bits per heavy atom. The van der Waals surface area contributed by atoms with Crippen molar-refractivity contribution in [2.24, 2.45) is 0 Å². The zero-order chi connectivity index (χ0) is 14.4. The number of para-hydroxylation sites is 2. The molecule has 3 nitrogen and oxygen atoms in total. The first kappa shape index (κ1) is 14.5. The Balaban J connectivity index is 2.01. The molecule has 0 saturated carbocycles. The number of hydrogen-bond donors (Lipinski definition) is 1. The SMILES string of the molecule is COc1ccccc1NC(=O)C(C)Sc1ccccc1. The van der Waals surface area contributed by atoms with E-state index in [9.17, 15) is 4.79 Å². The van der Waals surface area contributed by atoms with Crippen LogP contribution in [0.25, 0.3) is 0 Å². The van der Waals surface area contributed by atoms with Crippen molar-refractivity contribution in [2.45, 2.75) is 17.1 Å². The minimum absolute atomic E-state index is 0.0386. The van der Waals surface area contributed by atoms with Gasteiger partial charge in [0.25, 0.3) is 0 Å². The Kier molecular flexibility index (Phi) is 5.07. The summed E-state index contributed by atoms with van der Waals surface area (Å²) < 4.78 is 5.22. The van der Waals surface area contributed by atoms with Crippen LogP contribution >= 0.6 is 11.8 Å². The summed E-state index contributed by atoms with van der Waals surface area (Å²) in [5, 5.41) is 2.72. The Labute approximate surface area is 123 Å². The highest BCUT2D eigenvalue weighted by Crippen LogP contribution is 2.26. The van der Waals surface area contributed by atoms with Gasteiger partial charge in [-0.25, -0.2) is 0 Å². The maximum Gasteiger partial charge on any atom is 0.237 e. The average Bonchev–Trinajstić information content (AvgIpc) is 2.48. The predicted octanol–water partition coefficient (Wildman–Crippen LogP) is 3.81. The van der Waals surface area contributed by atoms with Crippen molar-refractivity contribution < 1.29 is 9.53 Å². The fourth-order valence-corrected chi connectivity index (χ4v) is 2.63. The van der Waals surface area contributed by atoms with E-state index in [0.29, 0.717) is 11.4 Å². The van der Waals surface area contributed by atoms with Gasteiger partial charge in [0.1, 0.15) is 5.75 Å². The molecule has 2 aromatic rings. The van der Waals surface area contributed by atoms with Crippen molar-refractivity contribution in [1.29, 1.82) is 0 Å². The van der Waals surface area contributed by atoms with Gasteiger partial charge < -0.3 is 10.1 Å². The number of ether oxygens (including phenoxy) is 1. The molecule has 2 rings (SSSR count). The molecule has 1 unspecified atom stereocenters. The Morgan fingerprint density at radius 3 is 2.45 bits per heavy atom. The standard InChI is InChI=1S/C16H17NO2S/c1-12(20-13-8-4-3-5-9-13)16(18)17-14-10-6-7-11-15(14)19-2/h3-12H,1-2H3,(H,17,18). The van der Waals surface area contributed by atoms with E-state index in [1.807, 2.05) is 61.5 Å². The number of nitrogens with one attached hydrogen (secondary N) is 1. The number of amides is 1. The molecule has 1 amide bonds. The van der Waals surface area contributed by atoms with Crippen molar-refractivity contribution in [2.75, 3.05) is 12.4 Å². The molecule has 0 aliphatic carbocycles. The van der Waals surface area contributed by atoms with E-state index < -0.39 is 0 Å². The van der Waals surface area contributed by atoms with Crippen molar-refractivity contribution >= 4 is 23.4 Å². The highest BCUT2D eigenvalue weighted by Gasteiger charge is 2.15. The molecule has 0 aromatic heterocycles. The van der Waals surface area contributed by atoms with Gasteiger partial charge in [0.05, 0.1) is 18.0 Å². The number of hydrogen-bond acceptors (Lipinski definition) is 3. The lowest BCUT2D eigenvalue weighted by atomic mass is 10.3. The van der Waals surface area contributed by atoms with Crippen LogP contribution in [0.4, 0.5) is 5.69 Å². The lowest BCUT2D eigenvalue weighted by molar-refractivity contribution is -0.115. The first-order valence-corrected chi connectivity index (χ1v) is 7.24. The van der Waals surface area contributed by atoms with E-state index in [1.54, 1.807) is 7.11 Å². The van der Waals surface area contributed by atoms with Gasteiger partial charge in [-0.05, 0) is 31.2 Å². The van der Waals surface area contributed by atoms with Gasteiger partial charge >= 0.3 is 0 Å². The Bertz CT molecular complexity index is 572. The molecule has 1 N–H and O–H groups in total. The Morgan fingerprint density at radius 1 is 1.10 bits per heavy atom. The van der Waals surface area contributed by atoms with Crippen LogP contribution in [0, 0.1) is 0 Å². The van der Waals surface area contributed by atoms with Gasteiger partial charge in [-0.2, -0.15) is 0 Å². The predicted molar refractivity (Wildman–Crippen MR) is 83.4 cm³/mol. The molecule has 0 aliphatic heterocycles. The second kappa shape index (κ2) is 7.01. The molecule has 1 atom stereocenters. The molecule has 104 valence electrons. The zero-order valence-electron chi connectivity index (χ0n) is 11.5. The van der Waals surface area contributed by atoms with Crippen molar-refractivity contribution in [1.82, 2.24) is 0 Å². The molecular weight excluding hydrogens is 270 g/mol. The summed E-state index contributed by atoms with van der Waals surface area (Å²) >= 11 is 1.53. The summed E-state index contributed by atoms with van der Waals surface area (Å²) in [7, 11) is 1.59. The number of anilines is 1. The molecule has 0 bridgehead atoms. The van der Waals surface area contributed by atoms with Crippen LogP contribution in [0.1, 0.15) is 6.92 Å². The summed E-state index contributed by atoms with van der Waals surface area (Å²) in [5.74, 6) is 0.626. The van der Waals surface area contributed by atoms with Gasteiger partial charge in [-0.1, -0.05) is 30.3 Å². The molecule has 0 spiro atoms. The van der Waals surface area contributed by atoms with Crippen LogP contribution in [-0.4, -0.2) is 18.3 Å². The van der Waals surface area contributed by atoms with Gasteiger partial charge in [-0.15, -0.1) is 11.8 Å². The molecule has 0 aliphatic rings. The van der Waals surface area contributed by atoms with Gasteiger partial charge in [0.2, 0.25) is 5.91 Å². The number of carbonyl (C=O) groups excluding carboxylic acids is 1. The summed E-state index contributed by atoms with van der Waals surface area (Å²) in [6.07, 6.45) is 0. The number of carbonyl (C=O) groups is 1. The fraction of sp³-hybridized carbons (Fsp3) is 0.188. The first-order chi connectivity index (χ1) is 9.70. The van der Waals surface area contributed by atoms with E-state index in [2.05, 4.69) is 5.32 Å². The molecule has 0 saturated heterocycles. The Hall–Kier alpha value is -1.94. The third-order valence-corrected chi connectivity index (χ3v) is 3.90. The summed E-state index contributed by atoms with van der Waals surface area (Å²) in [6.45, 7) is 1.89. The number of rotatable bonds is 5. The highest BCUT2D eigenvalue weighted by molar-refractivity contribution is 8.00. The first-order valence-electron chi connectivity index (χ1n) is 6.36. The van der Waals surface area contributed by atoms with Crippen molar-refractivity contribution in [3.8, 4) is 5.75 Å². The van der Waals surface area contributed by atoms with Crippen molar-refractivity contribution in [3.63, 3.8) is 0 Å². The molecular formula is C16H17NO2S. The largest absolute Gasteiger partial charge is 0.495 e. The van der Waals surface area contributed by atoms with Gasteiger partial charge in [0.15, 0.2) is 0 Å². The molecule has 20 heavy (non-hydrogen) atoms. The van der Waals surface area contributed by atoms with Crippen LogP contribution < -0.4 is 10.1 Å². The second-order valence-corrected chi connectivity index (χ2v) is 5.68. The summed E-state index contributed by atoms with van der Waals surface area (Å²) in [4.78, 5) is 13.3. The van der Waals surface area contributed by atoms with Crippen LogP contribution in [0.5, 0.6) is 5.75 Å². The monoisotopic (exact) mass is 287 g/mol. The maximum atomic E-state index is 12.2. The molecule has 4 heteroatoms. The normalized spacial score (nSPS) is 11.7. The number of benzene rings is 2. The van der Waals surface area contributed by atoms with E-state index >= 15 is 0 Å². The fourth-order valence-electron chi connectivity index (χ4n) is 1.74. The van der Waals surface area contributed by atoms with E-state index in [4.69, 9.17) is 4.74 Å². The van der Waals surface area contributed by atoms with Crippen molar-refractivity contribution in [3.05, 3.63) is 54.6 Å². The smallest absolute Gasteiger partial charge is 0.237 e. The number of methoxy groups -OCH3 is 1. The lowest BCUT2D eigenvalue weighted by Crippen LogP contribution is -2.22. The quantitative estimate of drug-likeness (QED) is 0.850. The summed E-state index contributed by atoms with van der Waals surface area (Å²) in [5.41, 5.74) is 0.695. The minimum atomic E-state index is -0.178. The van der Waals surface area contributed by atoms with E-state index in [-0.39, 0.29) is 11.2 Å². The highest BCUT2D eigenvalue weighted by atomic mass is 32.2. The third-order valence-electron chi connectivity index (χ3n) is 2.79. The molecule has 2 aromatic carbocycles. The lowest BCUT2D eigenvalue weighted by Gasteiger charge is -2.14. The average molecular weight is 287 g/mol. The van der Waals surface area contributed by atoms with Crippen LogP contribution in [0.2, 0.25) is 0 Å². The van der Waals surface area contributed by atoms with Gasteiger partial charge in [-0.3, -0.25) is 4.79 Å². The third kappa shape index (κ3) is 3.78. The van der Waals surface area contributed by atoms with Crippen LogP contribution in [0.15, 0.2) is 59.5 Å². The molecule has 0 radical (unpaired) electrons. The maximum absolute atomic E-state index is 12.2. The molecule has 0 heterocycles. The minimum Gasteiger partial charge on any atom is -0.495 e. The van der Waals surface area contributed by atoms with Crippen LogP contribution in [0.3, 0.4) is 0 Å². The van der Waals surface area contributed by atoms with Crippen LogP contribution in [-0.2, 0) is 4.79 Å². The topological polar surface area (TPSA) is 38.3 Å². The van der Waals surface area contributed by atoms with E-state index in [1.165, 1.54) is 11.8 Å². The summed E-state index contributed by atoms with van der Waals surface area (Å²) in [6, 6.07) is 17.3.